The number of piperazine rings is 1. The summed E-state index contributed by atoms with van der Waals surface area (Å²) < 4.78 is 1.65. The minimum absolute atomic E-state index is 0.357. The third kappa shape index (κ3) is 7.81. The number of halogens is 1. The number of primary amides is 1. The number of rotatable bonds is 8. The minimum atomic E-state index is -0.879. The number of aromatic nitrogens is 4. The molecule has 1 aliphatic heterocycles. The lowest BCUT2D eigenvalue weighted by atomic mass is 9.90. The van der Waals surface area contributed by atoms with Crippen molar-refractivity contribution >= 4 is 29.1 Å². The lowest BCUT2D eigenvalue weighted by Gasteiger charge is -2.32. The van der Waals surface area contributed by atoms with Gasteiger partial charge in [0, 0.05) is 73.0 Å². The van der Waals surface area contributed by atoms with Crippen LogP contribution in [-0.2, 0) is 13.1 Å². The number of benzene rings is 2. The first-order valence-corrected chi connectivity index (χ1v) is 14.8. The average molecular weight is 613 g/mol. The molecule has 3 heterocycles. The van der Waals surface area contributed by atoms with Gasteiger partial charge in [0.25, 0.3) is 0 Å². The maximum absolute atomic E-state index is 12.5. The molecule has 1 amide bonds. The van der Waals surface area contributed by atoms with Crippen molar-refractivity contribution < 1.29 is 9.90 Å². The Bertz CT molecular complexity index is 1710. The molecule has 228 valence electrons. The Kier molecular flexibility index (Phi) is 9.32. The molecule has 2 aromatic carbocycles. The molecule has 11 heteroatoms. The van der Waals surface area contributed by atoms with Gasteiger partial charge >= 0.3 is 0 Å². The number of amides is 1. The molecule has 0 aliphatic carbocycles. The van der Waals surface area contributed by atoms with Crippen LogP contribution in [0.25, 0.3) is 11.1 Å². The number of nitrogens with one attached hydrogen (secondary N) is 1. The summed E-state index contributed by atoms with van der Waals surface area (Å²) in [5.41, 5.74) is 10.7. The molecule has 0 saturated carbocycles. The normalized spacial score (nSPS) is 14.2. The molecule has 10 nitrogen and oxygen atoms in total. The first-order valence-electron chi connectivity index (χ1n) is 14.4. The van der Waals surface area contributed by atoms with Crippen LogP contribution in [0.3, 0.4) is 0 Å². The number of likely N-dealkylation sites (N-methyl/N-ethyl adjacent to an activating group) is 1. The van der Waals surface area contributed by atoms with Crippen molar-refractivity contribution in [1.29, 1.82) is 0 Å². The molecule has 0 bridgehead atoms. The van der Waals surface area contributed by atoms with Crippen molar-refractivity contribution in [2.24, 2.45) is 5.73 Å². The molecule has 5 rings (SSSR count). The Hall–Kier alpha value is -4.27. The Morgan fingerprint density at radius 3 is 2.48 bits per heavy atom. The first-order chi connectivity index (χ1) is 20.9. The van der Waals surface area contributed by atoms with Crippen LogP contribution >= 0.6 is 11.6 Å². The number of carbonyl (C=O) groups excluding carboxylic acids is 1. The zero-order valence-electron chi connectivity index (χ0n) is 25.4. The number of hydrogen-bond acceptors (Lipinski definition) is 8. The summed E-state index contributed by atoms with van der Waals surface area (Å²) in [6, 6.07) is 9.48. The van der Waals surface area contributed by atoms with E-state index in [0.29, 0.717) is 45.5 Å². The topological polar surface area (TPSA) is 125 Å². The van der Waals surface area contributed by atoms with Gasteiger partial charge in [-0.2, -0.15) is 5.10 Å². The largest absolute Gasteiger partial charge is 0.389 e. The van der Waals surface area contributed by atoms with Gasteiger partial charge in [0.1, 0.15) is 0 Å². The van der Waals surface area contributed by atoms with Crippen molar-refractivity contribution in [2.45, 2.75) is 39.5 Å². The van der Waals surface area contributed by atoms with Crippen LogP contribution in [-0.4, -0.2) is 79.4 Å². The standard InChI is InChI=1S/C33H37ClN8O2/c1-22-5-9-28(31(35)43)30(24-7-8-25(29(34)15-24)19-41-13-11-40(4)12-14-41)27(22)10-6-23-16-36-32(37-17-23)39-26-18-38-42(20-26)21-33(2,3)44/h5,7-9,15-18,20,44H,11-14,19,21H2,1-4H3,(H2,35,43)(H,36,37,39). The molecule has 1 saturated heterocycles. The summed E-state index contributed by atoms with van der Waals surface area (Å²) in [5.74, 6) is 6.23. The Morgan fingerprint density at radius 1 is 1.09 bits per heavy atom. The highest BCUT2D eigenvalue weighted by atomic mass is 35.5. The molecule has 0 atom stereocenters. The molecule has 4 aromatic rings. The quantitative estimate of drug-likeness (QED) is 0.254. The van der Waals surface area contributed by atoms with E-state index < -0.39 is 11.5 Å². The molecular formula is C33H37ClN8O2. The fourth-order valence-electron chi connectivity index (χ4n) is 5.08. The molecule has 0 radical (unpaired) electrons. The maximum Gasteiger partial charge on any atom is 0.249 e. The zero-order valence-corrected chi connectivity index (χ0v) is 26.2. The van der Waals surface area contributed by atoms with Crippen molar-refractivity contribution in [3.63, 3.8) is 0 Å². The summed E-state index contributed by atoms with van der Waals surface area (Å²) in [4.78, 5) is 26.0. The number of nitrogens with zero attached hydrogens (tertiary/aromatic N) is 6. The molecule has 44 heavy (non-hydrogen) atoms. The van der Waals surface area contributed by atoms with Crippen LogP contribution in [0.15, 0.2) is 55.1 Å². The maximum atomic E-state index is 12.5. The number of aliphatic hydroxyl groups is 1. The van der Waals surface area contributed by atoms with Gasteiger partial charge < -0.3 is 21.1 Å². The van der Waals surface area contributed by atoms with Crippen LogP contribution < -0.4 is 11.1 Å². The van der Waals surface area contributed by atoms with E-state index >= 15 is 0 Å². The Balaban J connectivity index is 1.38. The number of nitrogens with two attached hydrogens (primary N) is 1. The van der Waals surface area contributed by atoms with E-state index in [4.69, 9.17) is 17.3 Å². The lowest BCUT2D eigenvalue weighted by molar-refractivity contribution is 0.0577. The highest BCUT2D eigenvalue weighted by molar-refractivity contribution is 6.31. The Labute approximate surface area is 262 Å². The van der Waals surface area contributed by atoms with Gasteiger partial charge in [0.15, 0.2) is 0 Å². The van der Waals surface area contributed by atoms with E-state index in [9.17, 15) is 9.90 Å². The molecular weight excluding hydrogens is 576 g/mol. The predicted molar refractivity (Wildman–Crippen MR) is 173 cm³/mol. The summed E-state index contributed by atoms with van der Waals surface area (Å²) in [6.07, 6.45) is 6.67. The molecule has 2 aromatic heterocycles. The third-order valence-corrected chi connectivity index (χ3v) is 7.78. The lowest BCUT2D eigenvalue weighted by Crippen LogP contribution is -2.43. The summed E-state index contributed by atoms with van der Waals surface area (Å²) >= 11 is 6.80. The van der Waals surface area contributed by atoms with Gasteiger partial charge in [-0.05, 0) is 56.6 Å². The second kappa shape index (κ2) is 13.2. The summed E-state index contributed by atoms with van der Waals surface area (Å²) in [7, 11) is 2.14. The second-order valence-electron chi connectivity index (χ2n) is 11.8. The second-order valence-corrected chi connectivity index (χ2v) is 12.2. The van der Waals surface area contributed by atoms with E-state index in [1.165, 1.54) is 0 Å². The van der Waals surface area contributed by atoms with E-state index in [1.54, 1.807) is 49.4 Å². The van der Waals surface area contributed by atoms with Gasteiger partial charge in [0.2, 0.25) is 11.9 Å². The van der Waals surface area contributed by atoms with Gasteiger partial charge in [0.05, 0.1) is 29.6 Å². The SMILES string of the molecule is Cc1ccc(C(N)=O)c(-c2ccc(CN3CCN(C)CC3)c(Cl)c2)c1C#Cc1cnc(Nc2cnn(CC(C)(C)O)c2)nc1. The number of anilines is 2. The van der Waals surface area contributed by atoms with Crippen molar-refractivity contribution in [2.75, 3.05) is 38.5 Å². The first kappa shape index (κ1) is 31.2. The number of hydrogen-bond donors (Lipinski definition) is 3. The minimum Gasteiger partial charge on any atom is -0.389 e. The van der Waals surface area contributed by atoms with E-state index in [-0.39, 0.29) is 0 Å². The fourth-order valence-corrected chi connectivity index (χ4v) is 5.32. The van der Waals surface area contributed by atoms with Crippen LogP contribution in [0.5, 0.6) is 0 Å². The zero-order chi connectivity index (χ0) is 31.4. The van der Waals surface area contributed by atoms with E-state index in [1.807, 2.05) is 31.2 Å². The van der Waals surface area contributed by atoms with Crippen LogP contribution in [0.4, 0.5) is 11.6 Å². The van der Waals surface area contributed by atoms with E-state index in [2.05, 4.69) is 49.1 Å². The monoisotopic (exact) mass is 612 g/mol. The third-order valence-electron chi connectivity index (χ3n) is 7.43. The predicted octanol–water partition coefficient (Wildman–Crippen LogP) is 4.06. The summed E-state index contributed by atoms with van der Waals surface area (Å²) in [5, 5.41) is 18.0. The van der Waals surface area contributed by atoms with Crippen LogP contribution in [0, 0.1) is 18.8 Å². The van der Waals surface area contributed by atoms with Crippen molar-refractivity contribution in [3.8, 4) is 23.0 Å². The van der Waals surface area contributed by atoms with Crippen molar-refractivity contribution in [1.82, 2.24) is 29.5 Å². The Morgan fingerprint density at radius 2 is 1.82 bits per heavy atom. The highest BCUT2D eigenvalue weighted by Crippen LogP contribution is 2.33. The highest BCUT2D eigenvalue weighted by Gasteiger charge is 2.19. The molecule has 0 spiro atoms. The van der Waals surface area contributed by atoms with Gasteiger partial charge in [-0.15, -0.1) is 0 Å². The van der Waals surface area contributed by atoms with E-state index in [0.717, 1.165) is 49.4 Å². The molecule has 0 unspecified atom stereocenters. The number of aryl methyl sites for hydroxylation is 1. The molecule has 1 fully saturated rings. The number of carbonyl (C=O) groups is 1. The van der Waals surface area contributed by atoms with Gasteiger partial charge in [-0.25, -0.2) is 9.97 Å². The van der Waals surface area contributed by atoms with Gasteiger partial charge in [-0.1, -0.05) is 41.6 Å². The molecule has 1 aliphatic rings. The van der Waals surface area contributed by atoms with Crippen molar-refractivity contribution in [3.05, 3.63) is 88.0 Å². The average Bonchev–Trinajstić information content (AvgIpc) is 3.40. The fraction of sp³-hybridized carbons (Fsp3) is 0.333. The van der Waals surface area contributed by atoms with Crippen LogP contribution in [0.2, 0.25) is 5.02 Å². The van der Waals surface area contributed by atoms with Crippen LogP contribution in [0.1, 0.15) is 46.5 Å². The van der Waals surface area contributed by atoms with Gasteiger partial charge in [-0.3, -0.25) is 14.4 Å². The molecule has 4 N–H and O–H groups in total. The summed E-state index contributed by atoms with van der Waals surface area (Å²) in [6.45, 7) is 10.6. The smallest absolute Gasteiger partial charge is 0.249 e.